The monoisotopic (exact) mass is 301 g/mol. The molecule has 2 N–H and O–H groups in total. The number of aliphatic carboxylic acids is 1. The molecule has 1 heterocycles. The minimum absolute atomic E-state index is 0.310. The standard InChI is InChI=1S/C15H28N2O4/c1-15(2,3)21-14(20)16-12(13(18)19)9-11-7-6-8-17(4,5)10-11/h11-12H,6-10H2,1-5H3,(H-,16,18,19,20)/p+1. The maximum Gasteiger partial charge on any atom is 0.408 e. The summed E-state index contributed by atoms with van der Waals surface area (Å²) in [6, 6.07) is -0.886. The Balaban J connectivity index is 2.58. The van der Waals surface area contributed by atoms with Crippen LogP contribution in [0.1, 0.15) is 40.0 Å². The number of carbonyl (C=O) groups is 2. The van der Waals surface area contributed by atoms with E-state index in [9.17, 15) is 14.7 Å². The second-order valence-electron chi connectivity index (χ2n) is 7.62. The van der Waals surface area contributed by atoms with Crippen molar-refractivity contribution < 1.29 is 23.9 Å². The molecule has 0 bridgehead atoms. The molecule has 1 aliphatic rings. The molecule has 1 rings (SSSR count). The third kappa shape index (κ3) is 6.80. The van der Waals surface area contributed by atoms with Crippen molar-refractivity contribution in [2.75, 3.05) is 27.2 Å². The van der Waals surface area contributed by atoms with Crippen molar-refractivity contribution in [3.63, 3.8) is 0 Å². The number of hydrogen-bond acceptors (Lipinski definition) is 3. The SMILES string of the molecule is CC(C)(C)OC(=O)NC(CC1CCC[N+](C)(C)C1)C(=O)O. The molecule has 1 aliphatic heterocycles. The van der Waals surface area contributed by atoms with E-state index in [1.807, 2.05) is 0 Å². The van der Waals surface area contributed by atoms with E-state index in [0.29, 0.717) is 12.3 Å². The zero-order chi connectivity index (χ0) is 16.3. The fourth-order valence-electron chi connectivity index (χ4n) is 2.89. The highest BCUT2D eigenvalue weighted by molar-refractivity contribution is 5.80. The fourth-order valence-corrected chi connectivity index (χ4v) is 2.89. The Labute approximate surface area is 127 Å². The first-order valence-electron chi connectivity index (χ1n) is 7.53. The number of nitrogens with one attached hydrogen (secondary N) is 1. The molecule has 1 amide bonds. The lowest BCUT2D eigenvalue weighted by Crippen LogP contribution is -2.50. The van der Waals surface area contributed by atoms with Crippen LogP contribution in [0.2, 0.25) is 0 Å². The van der Waals surface area contributed by atoms with Gasteiger partial charge in [0.25, 0.3) is 0 Å². The first-order valence-corrected chi connectivity index (χ1v) is 7.53. The molecule has 0 radical (unpaired) electrons. The maximum atomic E-state index is 11.7. The van der Waals surface area contributed by atoms with Gasteiger partial charge < -0.3 is 19.6 Å². The third-order valence-corrected chi connectivity index (χ3v) is 3.69. The van der Waals surface area contributed by atoms with Gasteiger partial charge in [0.05, 0.1) is 27.2 Å². The number of alkyl carbamates (subject to hydrolysis) is 1. The lowest BCUT2D eigenvalue weighted by molar-refractivity contribution is -0.898. The molecule has 0 aromatic rings. The highest BCUT2D eigenvalue weighted by atomic mass is 16.6. The van der Waals surface area contributed by atoms with Crippen molar-refractivity contribution in [3.8, 4) is 0 Å². The topological polar surface area (TPSA) is 75.6 Å². The van der Waals surface area contributed by atoms with Gasteiger partial charge in [-0.15, -0.1) is 0 Å². The van der Waals surface area contributed by atoms with E-state index in [1.54, 1.807) is 20.8 Å². The normalized spacial score (nSPS) is 23.2. The number of carboxylic acids is 1. The number of ether oxygens (including phenoxy) is 1. The molecular formula is C15H29N2O4+. The summed E-state index contributed by atoms with van der Waals surface area (Å²) in [5.74, 6) is -0.693. The first-order chi connectivity index (χ1) is 9.48. The number of amides is 1. The molecule has 1 saturated heterocycles. The van der Waals surface area contributed by atoms with Crippen molar-refractivity contribution in [1.82, 2.24) is 5.32 Å². The fraction of sp³-hybridized carbons (Fsp3) is 0.867. The van der Waals surface area contributed by atoms with Gasteiger partial charge in [0.1, 0.15) is 11.6 Å². The van der Waals surface area contributed by atoms with Crippen LogP contribution in [0, 0.1) is 5.92 Å². The van der Waals surface area contributed by atoms with Gasteiger partial charge in [0, 0.05) is 5.92 Å². The number of rotatable bonds is 4. The van der Waals surface area contributed by atoms with Crippen LogP contribution >= 0.6 is 0 Å². The summed E-state index contributed by atoms with van der Waals surface area (Å²) < 4.78 is 6.04. The summed E-state index contributed by atoms with van der Waals surface area (Å²) in [6.45, 7) is 7.32. The van der Waals surface area contributed by atoms with Crippen LogP contribution in [0.25, 0.3) is 0 Å². The molecule has 21 heavy (non-hydrogen) atoms. The van der Waals surface area contributed by atoms with Gasteiger partial charge in [-0.3, -0.25) is 0 Å². The van der Waals surface area contributed by atoms with Gasteiger partial charge in [0.2, 0.25) is 0 Å². The van der Waals surface area contributed by atoms with Crippen molar-refractivity contribution in [2.45, 2.75) is 51.7 Å². The molecule has 6 heteroatoms. The highest BCUT2D eigenvalue weighted by Crippen LogP contribution is 2.24. The minimum Gasteiger partial charge on any atom is -0.480 e. The molecule has 2 atom stereocenters. The Morgan fingerprint density at radius 1 is 1.38 bits per heavy atom. The Hall–Kier alpha value is -1.30. The summed E-state index contributed by atoms with van der Waals surface area (Å²) in [4.78, 5) is 23.1. The Bertz CT molecular complexity index is 388. The third-order valence-electron chi connectivity index (χ3n) is 3.69. The molecule has 0 aromatic carbocycles. The van der Waals surface area contributed by atoms with Crippen LogP contribution in [0.3, 0.4) is 0 Å². The summed E-state index contributed by atoms with van der Waals surface area (Å²) in [6.07, 6.45) is 1.90. The number of carbonyl (C=O) groups excluding carboxylic acids is 1. The second-order valence-corrected chi connectivity index (χ2v) is 7.62. The maximum absolute atomic E-state index is 11.7. The van der Waals surface area contributed by atoms with Crippen molar-refractivity contribution in [3.05, 3.63) is 0 Å². The van der Waals surface area contributed by atoms with E-state index >= 15 is 0 Å². The van der Waals surface area contributed by atoms with Gasteiger partial charge in [-0.05, 0) is 40.0 Å². The molecule has 6 nitrogen and oxygen atoms in total. The Kier molecular flexibility index (Phi) is 5.61. The molecular weight excluding hydrogens is 272 g/mol. The number of hydrogen-bond donors (Lipinski definition) is 2. The van der Waals surface area contributed by atoms with Crippen LogP contribution in [-0.4, -0.2) is 60.5 Å². The van der Waals surface area contributed by atoms with Crippen LogP contribution in [0.15, 0.2) is 0 Å². The highest BCUT2D eigenvalue weighted by Gasteiger charge is 2.32. The number of carboxylic acid groups (broad SMARTS) is 1. The zero-order valence-electron chi connectivity index (χ0n) is 13.8. The van der Waals surface area contributed by atoms with Gasteiger partial charge >= 0.3 is 12.1 Å². The molecule has 0 aromatic heterocycles. The van der Waals surface area contributed by atoms with Crippen LogP contribution in [0.4, 0.5) is 4.79 Å². The lowest BCUT2D eigenvalue weighted by atomic mass is 9.90. The quantitative estimate of drug-likeness (QED) is 0.777. The summed E-state index contributed by atoms with van der Waals surface area (Å²) in [7, 11) is 4.31. The number of likely N-dealkylation sites (tertiary alicyclic amines) is 1. The van der Waals surface area contributed by atoms with Gasteiger partial charge in [0.15, 0.2) is 0 Å². The Morgan fingerprint density at radius 3 is 2.48 bits per heavy atom. The summed E-state index contributed by atoms with van der Waals surface area (Å²) in [5, 5.41) is 11.8. The van der Waals surface area contributed by atoms with Crippen molar-refractivity contribution in [2.24, 2.45) is 5.92 Å². The van der Waals surface area contributed by atoms with Gasteiger partial charge in [-0.25, -0.2) is 9.59 Å². The van der Waals surface area contributed by atoms with Gasteiger partial charge in [-0.2, -0.15) is 0 Å². The second kappa shape index (κ2) is 6.64. The van der Waals surface area contributed by atoms with Crippen LogP contribution in [0.5, 0.6) is 0 Å². The van der Waals surface area contributed by atoms with E-state index < -0.39 is 23.7 Å². The van der Waals surface area contributed by atoms with Crippen LogP contribution < -0.4 is 5.32 Å². The minimum atomic E-state index is -1.00. The predicted molar refractivity (Wildman–Crippen MR) is 80.0 cm³/mol. The predicted octanol–water partition coefficient (Wildman–Crippen LogP) is 1.84. The van der Waals surface area contributed by atoms with E-state index in [4.69, 9.17) is 4.74 Å². The molecule has 122 valence electrons. The van der Waals surface area contributed by atoms with E-state index in [0.717, 1.165) is 30.4 Å². The van der Waals surface area contributed by atoms with E-state index in [2.05, 4.69) is 19.4 Å². The van der Waals surface area contributed by atoms with Crippen molar-refractivity contribution >= 4 is 12.1 Å². The molecule has 0 aliphatic carbocycles. The van der Waals surface area contributed by atoms with E-state index in [1.165, 1.54) is 0 Å². The Morgan fingerprint density at radius 2 is 2.00 bits per heavy atom. The smallest absolute Gasteiger partial charge is 0.408 e. The summed E-state index contributed by atoms with van der Waals surface area (Å²) >= 11 is 0. The average Bonchev–Trinajstić information content (AvgIpc) is 2.23. The van der Waals surface area contributed by atoms with Crippen molar-refractivity contribution in [1.29, 1.82) is 0 Å². The van der Waals surface area contributed by atoms with E-state index in [-0.39, 0.29) is 0 Å². The number of piperidine rings is 1. The number of nitrogens with zero attached hydrogens (tertiary/aromatic N) is 1. The molecule has 1 fully saturated rings. The molecule has 0 spiro atoms. The average molecular weight is 301 g/mol. The molecule has 0 saturated carbocycles. The van der Waals surface area contributed by atoms with Gasteiger partial charge in [-0.1, -0.05) is 0 Å². The van der Waals surface area contributed by atoms with Crippen LogP contribution in [-0.2, 0) is 9.53 Å². The largest absolute Gasteiger partial charge is 0.480 e. The number of quaternary nitrogens is 1. The lowest BCUT2D eigenvalue weighted by Gasteiger charge is -2.38. The molecule has 2 unspecified atom stereocenters. The summed E-state index contributed by atoms with van der Waals surface area (Å²) in [5.41, 5.74) is -0.628. The first kappa shape index (κ1) is 17.8. The zero-order valence-corrected chi connectivity index (χ0v) is 13.8.